The molecule has 0 atom stereocenters. The topological polar surface area (TPSA) is 56.9 Å². The van der Waals surface area contributed by atoms with Crippen molar-refractivity contribution in [2.45, 2.75) is 6.42 Å². The van der Waals surface area contributed by atoms with Gasteiger partial charge in [-0.1, -0.05) is 30.3 Å². The van der Waals surface area contributed by atoms with Crippen LogP contribution in [0.25, 0.3) is 11.0 Å². The SMILES string of the molecule is Cn1c(=O)c2cc(Cc3ccccc3)cnc2n(C)c1=O. The second kappa shape index (κ2) is 5.01. The number of aryl methyl sites for hydroxylation is 1. The Morgan fingerprint density at radius 3 is 2.43 bits per heavy atom. The first kappa shape index (κ1) is 13.3. The van der Waals surface area contributed by atoms with E-state index < -0.39 is 0 Å². The Morgan fingerprint density at radius 2 is 1.71 bits per heavy atom. The third kappa shape index (κ3) is 2.27. The lowest BCUT2D eigenvalue weighted by atomic mass is 10.1. The summed E-state index contributed by atoms with van der Waals surface area (Å²) in [5.74, 6) is 0. The molecule has 0 aliphatic rings. The van der Waals surface area contributed by atoms with E-state index in [1.165, 1.54) is 11.6 Å². The summed E-state index contributed by atoms with van der Waals surface area (Å²) in [6.45, 7) is 0. The van der Waals surface area contributed by atoms with Crippen molar-refractivity contribution < 1.29 is 0 Å². The lowest BCUT2D eigenvalue weighted by Gasteiger charge is -2.08. The molecule has 3 aromatic rings. The van der Waals surface area contributed by atoms with Gasteiger partial charge in [-0.05, 0) is 23.6 Å². The predicted molar refractivity (Wildman–Crippen MR) is 81.5 cm³/mol. The maximum Gasteiger partial charge on any atom is 0.332 e. The molecule has 0 bridgehead atoms. The van der Waals surface area contributed by atoms with Crippen molar-refractivity contribution in [3.05, 3.63) is 74.6 Å². The van der Waals surface area contributed by atoms with E-state index in [9.17, 15) is 9.59 Å². The summed E-state index contributed by atoms with van der Waals surface area (Å²) >= 11 is 0. The first-order valence-corrected chi connectivity index (χ1v) is 6.66. The molecular weight excluding hydrogens is 266 g/mol. The van der Waals surface area contributed by atoms with Crippen LogP contribution in [0.2, 0.25) is 0 Å². The van der Waals surface area contributed by atoms with Crippen LogP contribution in [0.5, 0.6) is 0 Å². The fourth-order valence-corrected chi connectivity index (χ4v) is 2.44. The van der Waals surface area contributed by atoms with Crippen molar-refractivity contribution in [2.24, 2.45) is 14.1 Å². The van der Waals surface area contributed by atoms with Crippen molar-refractivity contribution in [3.8, 4) is 0 Å². The van der Waals surface area contributed by atoms with Crippen LogP contribution in [0.15, 0.2) is 52.2 Å². The number of fused-ring (bicyclic) bond motifs is 1. The van der Waals surface area contributed by atoms with Gasteiger partial charge in [0.2, 0.25) is 0 Å². The van der Waals surface area contributed by atoms with E-state index in [0.29, 0.717) is 17.5 Å². The molecule has 5 nitrogen and oxygen atoms in total. The molecule has 0 aliphatic heterocycles. The summed E-state index contributed by atoms with van der Waals surface area (Å²) in [5.41, 5.74) is 1.84. The number of hydrogen-bond acceptors (Lipinski definition) is 3. The fourth-order valence-electron chi connectivity index (χ4n) is 2.44. The number of benzene rings is 1. The molecule has 0 saturated heterocycles. The summed E-state index contributed by atoms with van der Waals surface area (Å²) in [7, 11) is 3.10. The minimum atomic E-state index is -0.365. The first-order valence-electron chi connectivity index (χ1n) is 6.66. The van der Waals surface area contributed by atoms with Crippen LogP contribution in [0.3, 0.4) is 0 Å². The van der Waals surface area contributed by atoms with Gasteiger partial charge in [0.1, 0.15) is 5.65 Å². The van der Waals surface area contributed by atoms with Crippen LogP contribution < -0.4 is 11.2 Å². The molecule has 0 N–H and O–H groups in total. The lowest BCUT2D eigenvalue weighted by Crippen LogP contribution is -2.37. The van der Waals surface area contributed by atoms with E-state index >= 15 is 0 Å². The van der Waals surface area contributed by atoms with E-state index in [-0.39, 0.29) is 11.2 Å². The summed E-state index contributed by atoms with van der Waals surface area (Å²) < 4.78 is 2.50. The summed E-state index contributed by atoms with van der Waals surface area (Å²) in [5, 5.41) is 0.466. The Hall–Kier alpha value is -2.69. The minimum Gasteiger partial charge on any atom is -0.280 e. The molecule has 0 radical (unpaired) electrons. The van der Waals surface area contributed by atoms with Crippen LogP contribution >= 0.6 is 0 Å². The highest BCUT2D eigenvalue weighted by Gasteiger charge is 2.10. The average Bonchev–Trinajstić information content (AvgIpc) is 2.52. The van der Waals surface area contributed by atoms with Crippen LogP contribution in [0.4, 0.5) is 0 Å². The van der Waals surface area contributed by atoms with Crippen molar-refractivity contribution in [3.63, 3.8) is 0 Å². The van der Waals surface area contributed by atoms with Crippen molar-refractivity contribution >= 4 is 11.0 Å². The van der Waals surface area contributed by atoms with E-state index in [1.807, 2.05) is 36.4 Å². The van der Waals surface area contributed by atoms with E-state index in [1.54, 1.807) is 13.2 Å². The van der Waals surface area contributed by atoms with Gasteiger partial charge in [-0.25, -0.2) is 9.78 Å². The van der Waals surface area contributed by atoms with Gasteiger partial charge < -0.3 is 0 Å². The van der Waals surface area contributed by atoms with Crippen LogP contribution in [0, 0.1) is 0 Å². The van der Waals surface area contributed by atoms with E-state index in [4.69, 9.17) is 0 Å². The van der Waals surface area contributed by atoms with Crippen molar-refractivity contribution in [2.75, 3.05) is 0 Å². The zero-order chi connectivity index (χ0) is 15.0. The summed E-state index contributed by atoms with van der Waals surface area (Å²) in [6.07, 6.45) is 2.42. The molecule has 0 saturated carbocycles. The molecule has 0 fully saturated rings. The number of nitrogens with zero attached hydrogens (tertiary/aromatic N) is 3. The van der Waals surface area contributed by atoms with Gasteiger partial charge in [-0.2, -0.15) is 0 Å². The molecule has 2 aromatic heterocycles. The standard InChI is InChI=1S/C16H15N3O2/c1-18-14-13(15(20)19(2)16(18)21)9-12(10-17-14)8-11-6-4-3-5-7-11/h3-7,9-10H,8H2,1-2H3. The molecule has 3 rings (SSSR count). The number of pyridine rings is 1. The maximum absolute atomic E-state index is 12.2. The van der Waals surface area contributed by atoms with Gasteiger partial charge in [0, 0.05) is 20.3 Å². The predicted octanol–water partition coefficient (Wildman–Crippen LogP) is 1.22. The van der Waals surface area contributed by atoms with Crippen LogP contribution in [0.1, 0.15) is 11.1 Å². The Bertz CT molecular complexity index is 924. The summed E-state index contributed by atoms with van der Waals surface area (Å²) in [4.78, 5) is 28.4. The molecule has 0 amide bonds. The summed E-state index contributed by atoms with van der Waals surface area (Å²) in [6, 6.07) is 11.8. The van der Waals surface area contributed by atoms with Gasteiger partial charge in [-0.3, -0.25) is 13.9 Å². The second-order valence-electron chi connectivity index (χ2n) is 5.08. The molecule has 106 valence electrons. The normalized spacial score (nSPS) is 11.0. The quantitative estimate of drug-likeness (QED) is 0.709. The lowest BCUT2D eigenvalue weighted by molar-refractivity contribution is 0.707. The molecule has 2 heterocycles. The highest BCUT2D eigenvalue weighted by atomic mass is 16.2. The number of rotatable bonds is 2. The molecule has 1 aromatic carbocycles. The molecule has 0 unspecified atom stereocenters. The van der Waals surface area contributed by atoms with Gasteiger partial charge >= 0.3 is 5.69 Å². The monoisotopic (exact) mass is 281 g/mol. The Morgan fingerprint density at radius 1 is 1.00 bits per heavy atom. The highest BCUT2D eigenvalue weighted by Crippen LogP contribution is 2.12. The van der Waals surface area contributed by atoms with Gasteiger partial charge in [-0.15, -0.1) is 0 Å². The van der Waals surface area contributed by atoms with Gasteiger partial charge in [0.05, 0.1) is 5.39 Å². The van der Waals surface area contributed by atoms with Gasteiger partial charge in [0.15, 0.2) is 0 Å². The largest absolute Gasteiger partial charge is 0.332 e. The third-order valence-corrected chi connectivity index (χ3v) is 3.60. The molecule has 5 heteroatoms. The van der Waals surface area contributed by atoms with Crippen molar-refractivity contribution in [1.82, 2.24) is 14.1 Å². The molecular formula is C16H15N3O2. The highest BCUT2D eigenvalue weighted by molar-refractivity contribution is 5.74. The Balaban J connectivity index is 2.17. The van der Waals surface area contributed by atoms with Crippen LogP contribution in [-0.2, 0) is 20.5 Å². The zero-order valence-corrected chi connectivity index (χ0v) is 11.9. The molecule has 0 spiro atoms. The van der Waals surface area contributed by atoms with Crippen molar-refractivity contribution in [1.29, 1.82) is 0 Å². The average molecular weight is 281 g/mol. The second-order valence-corrected chi connectivity index (χ2v) is 5.08. The Labute approximate surface area is 121 Å². The minimum absolute atomic E-state index is 0.310. The molecule has 21 heavy (non-hydrogen) atoms. The number of hydrogen-bond donors (Lipinski definition) is 0. The maximum atomic E-state index is 12.2. The van der Waals surface area contributed by atoms with Gasteiger partial charge in [0.25, 0.3) is 5.56 Å². The molecule has 0 aliphatic carbocycles. The van der Waals surface area contributed by atoms with E-state index in [2.05, 4.69) is 4.98 Å². The third-order valence-electron chi connectivity index (χ3n) is 3.60. The van der Waals surface area contributed by atoms with Crippen LogP contribution in [-0.4, -0.2) is 14.1 Å². The van der Waals surface area contributed by atoms with E-state index in [0.717, 1.165) is 15.7 Å². The smallest absolute Gasteiger partial charge is 0.280 e. The number of aromatic nitrogens is 3. The Kier molecular flexibility index (Phi) is 3.17. The fraction of sp³-hybridized carbons (Fsp3) is 0.188. The first-order chi connectivity index (χ1) is 10.1. The zero-order valence-electron chi connectivity index (χ0n) is 11.9.